The van der Waals surface area contributed by atoms with Gasteiger partial charge < -0.3 is 4.42 Å². The Balaban J connectivity index is 0.000000880. The minimum Gasteiger partial charge on any atom is -0.436 e. The third-order valence-electron chi connectivity index (χ3n) is 3.84. The quantitative estimate of drug-likeness (QED) is 0.411. The monoisotopic (exact) mass is 333 g/mol. The largest absolute Gasteiger partial charge is 0.436 e. The number of nitrogens with zero attached hydrogens (tertiary/aromatic N) is 1. The SMILES string of the molecule is CC.Cc1cccc(-c2nc3ccc(-c4ccccc4F)cc3o2)c1. The van der Waals surface area contributed by atoms with Crippen LogP contribution in [0, 0.1) is 12.7 Å². The minimum absolute atomic E-state index is 0.245. The molecule has 3 aromatic carbocycles. The van der Waals surface area contributed by atoms with E-state index in [4.69, 9.17) is 4.42 Å². The molecule has 2 nitrogen and oxygen atoms in total. The first-order valence-electron chi connectivity index (χ1n) is 8.43. The Hall–Kier alpha value is -2.94. The topological polar surface area (TPSA) is 26.0 Å². The molecule has 1 heterocycles. The fourth-order valence-corrected chi connectivity index (χ4v) is 2.69. The molecule has 3 heteroatoms. The first-order valence-corrected chi connectivity index (χ1v) is 8.43. The predicted molar refractivity (Wildman–Crippen MR) is 101 cm³/mol. The average Bonchev–Trinajstić information content (AvgIpc) is 3.07. The highest BCUT2D eigenvalue weighted by Crippen LogP contribution is 2.29. The molecule has 0 amide bonds. The van der Waals surface area contributed by atoms with Crippen molar-refractivity contribution < 1.29 is 8.81 Å². The van der Waals surface area contributed by atoms with Crippen molar-refractivity contribution in [2.24, 2.45) is 0 Å². The molecule has 0 atom stereocenters. The molecular weight excluding hydrogens is 313 g/mol. The van der Waals surface area contributed by atoms with Crippen molar-refractivity contribution in [2.75, 3.05) is 0 Å². The van der Waals surface area contributed by atoms with Gasteiger partial charge in [-0.15, -0.1) is 0 Å². The zero-order valence-corrected chi connectivity index (χ0v) is 14.6. The summed E-state index contributed by atoms with van der Waals surface area (Å²) >= 11 is 0. The normalized spacial score (nSPS) is 10.4. The number of oxazole rings is 1. The van der Waals surface area contributed by atoms with E-state index in [9.17, 15) is 4.39 Å². The van der Waals surface area contributed by atoms with Crippen LogP contribution in [0.3, 0.4) is 0 Å². The number of hydrogen-bond donors (Lipinski definition) is 0. The number of aromatic nitrogens is 1. The predicted octanol–water partition coefficient (Wildman–Crippen LogP) is 6.64. The van der Waals surface area contributed by atoms with Crippen LogP contribution in [0.15, 0.2) is 71.1 Å². The molecule has 1 aromatic heterocycles. The average molecular weight is 333 g/mol. The van der Waals surface area contributed by atoms with Crippen LogP contribution < -0.4 is 0 Å². The molecule has 0 saturated carbocycles. The molecule has 4 aromatic rings. The molecule has 0 aliphatic heterocycles. The smallest absolute Gasteiger partial charge is 0.227 e. The highest BCUT2D eigenvalue weighted by molar-refractivity contribution is 5.82. The number of fused-ring (bicyclic) bond motifs is 1. The second kappa shape index (κ2) is 7.31. The van der Waals surface area contributed by atoms with Gasteiger partial charge >= 0.3 is 0 Å². The van der Waals surface area contributed by atoms with E-state index in [0.29, 0.717) is 17.0 Å². The molecule has 0 N–H and O–H groups in total. The fraction of sp³-hybridized carbons (Fsp3) is 0.136. The van der Waals surface area contributed by atoms with Gasteiger partial charge in [0.1, 0.15) is 11.3 Å². The summed E-state index contributed by atoms with van der Waals surface area (Å²) in [6.45, 7) is 6.03. The maximum atomic E-state index is 13.9. The van der Waals surface area contributed by atoms with Gasteiger partial charge in [-0.2, -0.15) is 0 Å². The Kier molecular flexibility index (Phi) is 4.94. The minimum atomic E-state index is -0.245. The number of benzene rings is 3. The number of hydrogen-bond acceptors (Lipinski definition) is 2. The van der Waals surface area contributed by atoms with Crippen molar-refractivity contribution in [3.63, 3.8) is 0 Å². The van der Waals surface area contributed by atoms with E-state index < -0.39 is 0 Å². The van der Waals surface area contributed by atoms with Crippen molar-refractivity contribution in [1.29, 1.82) is 0 Å². The van der Waals surface area contributed by atoms with Crippen LogP contribution in [0.25, 0.3) is 33.7 Å². The van der Waals surface area contributed by atoms with Crippen molar-refractivity contribution in [2.45, 2.75) is 20.8 Å². The van der Waals surface area contributed by atoms with Crippen LogP contribution in [0.5, 0.6) is 0 Å². The summed E-state index contributed by atoms with van der Waals surface area (Å²) in [5, 5.41) is 0. The highest BCUT2D eigenvalue weighted by atomic mass is 19.1. The van der Waals surface area contributed by atoms with E-state index in [1.165, 1.54) is 6.07 Å². The number of aryl methyl sites for hydroxylation is 1. The van der Waals surface area contributed by atoms with E-state index in [0.717, 1.165) is 22.2 Å². The van der Waals surface area contributed by atoms with Crippen LogP contribution in [0.2, 0.25) is 0 Å². The third-order valence-corrected chi connectivity index (χ3v) is 3.84. The Morgan fingerprint density at radius 1 is 0.840 bits per heavy atom. The first-order chi connectivity index (χ1) is 12.2. The Labute approximate surface area is 147 Å². The standard InChI is InChI=1S/C20H14FNO.C2H6/c1-13-5-4-6-15(11-13)20-22-18-10-9-14(12-19(18)23-20)16-7-2-3-8-17(16)21;1-2/h2-12H,1H3;1-2H3. The summed E-state index contributed by atoms with van der Waals surface area (Å²) in [5.41, 5.74) is 4.85. The molecule has 0 unspecified atom stereocenters. The van der Waals surface area contributed by atoms with Crippen molar-refractivity contribution in [3.05, 3.63) is 78.1 Å². The molecule has 25 heavy (non-hydrogen) atoms. The van der Waals surface area contributed by atoms with Crippen LogP contribution in [-0.4, -0.2) is 4.98 Å². The van der Waals surface area contributed by atoms with Gasteiger partial charge in [-0.3, -0.25) is 0 Å². The van der Waals surface area contributed by atoms with Gasteiger partial charge in [0.2, 0.25) is 5.89 Å². The molecule has 126 valence electrons. The zero-order chi connectivity index (χ0) is 17.8. The molecule has 0 saturated heterocycles. The summed E-state index contributed by atoms with van der Waals surface area (Å²) in [4.78, 5) is 4.52. The van der Waals surface area contributed by atoms with Gasteiger partial charge in [-0.1, -0.05) is 55.8 Å². The fourth-order valence-electron chi connectivity index (χ4n) is 2.69. The summed E-state index contributed by atoms with van der Waals surface area (Å²) in [7, 11) is 0. The van der Waals surface area contributed by atoms with E-state index >= 15 is 0 Å². The van der Waals surface area contributed by atoms with E-state index in [-0.39, 0.29) is 5.82 Å². The molecule has 0 bridgehead atoms. The Morgan fingerprint density at radius 3 is 2.40 bits per heavy atom. The van der Waals surface area contributed by atoms with Crippen molar-refractivity contribution in [1.82, 2.24) is 4.98 Å². The van der Waals surface area contributed by atoms with Crippen molar-refractivity contribution >= 4 is 11.1 Å². The molecule has 0 aliphatic carbocycles. The Bertz CT molecular complexity index is 1000. The van der Waals surface area contributed by atoms with Crippen LogP contribution in [0.4, 0.5) is 4.39 Å². The Morgan fingerprint density at radius 2 is 1.64 bits per heavy atom. The van der Waals surface area contributed by atoms with Crippen LogP contribution in [0.1, 0.15) is 19.4 Å². The second-order valence-electron chi connectivity index (χ2n) is 5.55. The van der Waals surface area contributed by atoms with E-state index in [1.54, 1.807) is 12.1 Å². The maximum absolute atomic E-state index is 13.9. The zero-order valence-electron chi connectivity index (χ0n) is 14.6. The summed E-state index contributed by atoms with van der Waals surface area (Å²) in [5.74, 6) is 0.333. The number of halogens is 1. The van der Waals surface area contributed by atoms with E-state index in [2.05, 4.69) is 4.98 Å². The lowest BCUT2D eigenvalue weighted by molar-refractivity contribution is 0.619. The van der Waals surface area contributed by atoms with Gasteiger partial charge in [0.15, 0.2) is 5.58 Å². The van der Waals surface area contributed by atoms with Crippen molar-refractivity contribution in [3.8, 4) is 22.6 Å². The number of rotatable bonds is 2. The molecule has 0 spiro atoms. The second-order valence-corrected chi connectivity index (χ2v) is 5.55. The summed E-state index contributed by atoms with van der Waals surface area (Å²) in [6, 6.07) is 20.3. The molecular formula is C22H20FNO. The highest BCUT2D eigenvalue weighted by Gasteiger charge is 2.11. The molecule has 4 rings (SSSR count). The van der Waals surface area contributed by atoms with Crippen LogP contribution in [-0.2, 0) is 0 Å². The lowest BCUT2D eigenvalue weighted by Gasteiger charge is -2.02. The summed E-state index contributed by atoms with van der Waals surface area (Å²) in [6.07, 6.45) is 0. The van der Waals surface area contributed by atoms with E-state index in [1.807, 2.05) is 69.3 Å². The molecule has 0 radical (unpaired) electrons. The molecule has 0 fully saturated rings. The van der Waals surface area contributed by atoms with Gasteiger partial charge in [0.25, 0.3) is 0 Å². The maximum Gasteiger partial charge on any atom is 0.227 e. The first kappa shape index (κ1) is 16.9. The van der Waals surface area contributed by atoms with Gasteiger partial charge in [-0.25, -0.2) is 9.37 Å². The summed E-state index contributed by atoms with van der Waals surface area (Å²) < 4.78 is 19.8. The van der Waals surface area contributed by atoms with Gasteiger partial charge in [-0.05, 0) is 42.8 Å². The third kappa shape index (κ3) is 3.45. The van der Waals surface area contributed by atoms with Gasteiger partial charge in [0.05, 0.1) is 0 Å². The lowest BCUT2D eigenvalue weighted by Crippen LogP contribution is -1.82. The lowest BCUT2D eigenvalue weighted by atomic mass is 10.1. The van der Waals surface area contributed by atoms with Gasteiger partial charge in [0, 0.05) is 11.1 Å². The van der Waals surface area contributed by atoms with Crippen LogP contribution >= 0.6 is 0 Å². The molecule has 0 aliphatic rings.